The van der Waals surface area contributed by atoms with Crippen LogP contribution in [0.1, 0.15) is 65.7 Å². The summed E-state index contributed by atoms with van der Waals surface area (Å²) in [6, 6.07) is 0.342. The normalized spacial score (nSPS) is 18.9. The molecule has 20 heavy (non-hydrogen) atoms. The van der Waals surface area contributed by atoms with E-state index in [4.69, 9.17) is 0 Å². The molecule has 1 rings (SSSR count). The summed E-state index contributed by atoms with van der Waals surface area (Å²) < 4.78 is 0. The second-order valence-corrected chi connectivity index (χ2v) is 5.70. The highest BCUT2D eigenvalue weighted by molar-refractivity contribution is 5.97. The molecule has 0 aliphatic carbocycles. The Bertz CT molecular complexity index is 312. The lowest BCUT2D eigenvalue weighted by molar-refractivity contribution is -0.142. The number of carbonyl (C=O) groups is 2. The van der Waals surface area contributed by atoms with Crippen molar-refractivity contribution >= 4 is 11.8 Å². The second kappa shape index (κ2) is 8.98. The third kappa shape index (κ3) is 4.80. The SMILES string of the molecule is CCCN(CCC)C(=O)CC(=O)N1CCCCC1CC. The molecule has 1 fully saturated rings. The molecule has 0 bridgehead atoms. The summed E-state index contributed by atoms with van der Waals surface area (Å²) >= 11 is 0. The molecule has 0 aromatic carbocycles. The first-order chi connectivity index (χ1) is 9.63. The molecule has 0 aromatic rings. The quantitative estimate of drug-likeness (QED) is 0.674. The van der Waals surface area contributed by atoms with Crippen molar-refractivity contribution in [1.29, 1.82) is 0 Å². The lowest BCUT2D eigenvalue weighted by Gasteiger charge is -2.35. The molecule has 1 heterocycles. The summed E-state index contributed by atoms with van der Waals surface area (Å²) in [7, 11) is 0. The maximum absolute atomic E-state index is 12.4. The third-order valence-corrected chi connectivity index (χ3v) is 4.06. The maximum atomic E-state index is 12.4. The molecule has 1 saturated heterocycles. The minimum Gasteiger partial charge on any atom is -0.342 e. The van der Waals surface area contributed by atoms with Gasteiger partial charge in [0.15, 0.2) is 0 Å². The summed E-state index contributed by atoms with van der Waals surface area (Å²) in [6.07, 6.45) is 6.30. The highest BCUT2D eigenvalue weighted by Crippen LogP contribution is 2.20. The number of piperidine rings is 1. The van der Waals surface area contributed by atoms with E-state index >= 15 is 0 Å². The summed E-state index contributed by atoms with van der Waals surface area (Å²) in [4.78, 5) is 28.4. The molecule has 2 amide bonds. The average molecular weight is 282 g/mol. The molecule has 0 N–H and O–H groups in total. The summed E-state index contributed by atoms with van der Waals surface area (Å²) in [5.74, 6) is 0.0258. The first-order valence-electron chi connectivity index (χ1n) is 8.21. The van der Waals surface area contributed by atoms with Crippen LogP contribution >= 0.6 is 0 Å². The van der Waals surface area contributed by atoms with Gasteiger partial charge in [-0.1, -0.05) is 20.8 Å². The Kier molecular flexibility index (Phi) is 7.63. The van der Waals surface area contributed by atoms with Crippen LogP contribution in [0.3, 0.4) is 0 Å². The zero-order valence-corrected chi connectivity index (χ0v) is 13.4. The van der Waals surface area contributed by atoms with Crippen LogP contribution in [0.25, 0.3) is 0 Å². The van der Waals surface area contributed by atoms with Gasteiger partial charge < -0.3 is 9.80 Å². The van der Waals surface area contributed by atoms with E-state index in [0.717, 1.165) is 51.7 Å². The Morgan fingerprint density at radius 3 is 2.30 bits per heavy atom. The fraction of sp³-hybridized carbons (Fsp3) is 0.875. The Morgan fingerprint density at radius 1 is 1.10 bits per heavy atom. The number of hydrogen-bond acceptors (Lipinski definition) is 2. The molecule has 0 saturated carbocycles. The Labute approximate surface area is 123 Å². The molecule has 116 valence electrons. The van der Waals surface area contributed by atoms with Crippen LogP contribution in [0.15, 0.2) is 0 Å². The van der Waals surface area contributed by atoms with Gasteiger partial charge in [-0.2, -0.15) is 0 Å². The van der Waals surface area contributed by atoms with Crippen LogP contribution in [-0.4, -0.2) is 47.3 Å². The van der Waals surface area contributed by atoms with Gasteiger partial charge in [-0.25, -0.2) is 0 Å². The maximum Gasteiger partial charge on any atom is 0.232 e. The smallest absolute Gasteiger partial charge is 0.232 e. The van der Waals surface area contributed by atoms with Crippen LogP contribution in [0.2, 0.25) is 0 Å². The van der Waals surface area contributed by atoms with Gasteiger partial charge in [-0.05, 0) is 38.5 Å². The third-order valence-electron chi connectivity index (χ3n) is 4.06. The molecular formula is C16H30N2O2. The molecule has 1 aliphatic rings. The second-order valence-electron chi connectivity index (χ2n) is 5.70. The molecule has 4 nitrogen and oxygen atoms in total. The molecule has 1 atom stereocenters. The van der Waals surface area contributed by atoms with E-state index in [1.807, 2.05) is 9.80 Å². The number of likely N-dealkylation sites (tertiary alicyclic amines) is 1. The summed E-state index contributed by atoms with van der Waals surface area (Å²) in [6.45, 7) is 8.60. The van der Waals surface area contributed by atoms with Crippen molar-refractivity contribution in [3.8, 4) is 0 Å². The zero-order chi connectivity index (χ0) is 15.0. The number of amides is 2. The molecule has 1 unspecified atom stereocenters. The van der Waals surface area contributed by atoms with Gasteiger partial charge in [0.25, 0.3) is 0 Å². The molecule has 4 heteroatoms. The monoisotopic (exact) mass is 282 g/mol. The van der Waals surface area contributed by atoms with Crippen LogP contribution in [0.4, 0.5) is 0 Å². The van der Waals surface area contributed by atoms with Gasteiger partial charge in [0.05, 0.1) is 0 Å². The predicted molar refractivity (Wildman–Crippen MR) is 81.4 cm³/mol. The molecule has 0 radical (unpaired) electrons. The first kappa shape index (κ1) is 17.0. The van der Waals surface area contributed by atoms with E-state index in [1.54, 1.807) is 0 Å². The number of carbonyl (C=O) groups excluding carboxylic acids is 2. The fourth-order valence-electron chi connectivity index (χ4n) is 3.00. The topological polar surface area (TPSA) is 40.6 Å². The van der Waals surface area contributed by atoms with Crippen molar-refractivity contribution in [2.45, 2.75) is 71.8 Å². The van der Waals surface area contributed by atoms with Crippen molar-refractivity contribution in [1.82, 2.24) is 9.80 Å². The van der Waals surface area contributed by atoms with Crippen LogP contribution in [0, 0.1) is 0 Å². The summed E-state index contributed by atoms with van der Waals surface area (Å²) in [5, 5.41) is 0. The van der Waals surface area contributed by atoms with E-state index in [2.05, 4.69) is 20.8 Å². The van der Waals surface area contributed by atoms with Crippen molar-refractivity contribution in [3.63, 3.8) is 0 Å². The van der Waals surface area contributed by atoms with E-state index < -0.39 is 0 Å². The van der Waals surface area contributed by atoms with E-state index in [0.29, 0.717) is 6.04 Å². The number of rotatable bonds is 7. The van der Waals surface area contributed by atoms with Crippen molar-refractivity contribution in [2.75, 3.05) is 19.6 Å². The highest BCUT2D eigenvalue weighted by Gasteiger charge is 2.27. The standard InChI is InChI=1S/C16H30N2O2/c1-4-10-17(11-5-2)15(19)13-16(20)18-12-8-7-9-14(18)6-3/h14H,4-13H2,1-3H3. The molecule has 0 aromatic heterocycles. The van der Waals surface area contributed by atoms with Crippen LogP contribution in [-0.2, 0) is 9.59 Å². The van der Waals surface area contributed by atoms with Crippen molar-refractivity contribution in [2.24, 2.45) is 0 Å². The largest absolute Gasteiger partial charge is 0.342 e. The van der Waals surface area contributed by atoms with Crippen LogP contribution < -0.4 is 0 Å². The van der Waals surface area contributed by atoms with E-state index in [9.17, 15) is 9.59 Å². The molecule has 0 spiro atoms. The van der Waals surface area contributed by atoms with E-state index in [-0.39, 0.29) is 18.2 Å². The molecule has 1 aliphatic heterocycles. The van der Waals surface area contributed by atoms with E-state index in [1.165, 1.54) is 6.42 Å². The first-order valence-corrected chi connectivity index (χ1v) is 8.21. The summed E-state index contributed by atoms with van der Waals surface area (Å²) in [5.41, 5.74) is 0. The van der Waals surface area contributed by atoms with Gasteiger partial charge in [-0.15, -0.1) is 0 Å². The Balaban J connectivity index is 2.56. The Morgan fingerprint density at radius 2 is 1.75 bits per heavy atom. The minimum absolute atomic E-state index is 0.000809. The predicted octanol–water partition coefficient (Wildman–Crippen LogP) is 2.82. The highest BCUT2D eigenvalue weighted by atomic mass is 16.2. The van der Waals surface area contributed by atoms with Crippen molar-refractivity contribution in [3.05, 3.63) is 0 Å². The lowest BCUT2D eigenvalue weighted by Crippen LogP contribution is -2.45. The lowest BCUT2D eigenvalue weighted by atomic mass is 9.99. The Hall–Kier alpha value is -1.06. The molecular weight excluding hydrogens is 252 g/mol. The number of nitrogens with zero attached hydrogens (tertiary/aromatic N) is 2. The van der Waals surface area contributed by atoms with Gasteiger partial charge in [0, 0.05) is 25.7 Å². The fourth-order valence-corrected chi connectivity index (χ4v) is 3.00. The zero-order valence-electron chi connectivity index (χ0n) is 13.4. The van der Waals surface area contributed by atoms with Gasteiger partial charge in [0.2, 0.25) is 11.8 Å². The average Bonchev–Trinajstić information content (AvgIpc) is 2.46. The minimum atomic E-state index is -0.000809. The van der Waals surface area contributed by atoms with Gasteiger partial charge in [-0.3, -0.25) is 9.59 Å². The van der Waals surface area contributed by atoms with Gasteiger partial charge in [0.1, 0.15) is 6.42 Å². The van der Waals surface area contributed by atoms with Gasteiger partial charge >= 0.3 is 0 Å². The number of hydrogen-bond donors (Lipinski definition) is 0. The van der Waals surface area contributed by atoms with Crippen molar-refractivity contribution < 1.29 is 9.59 Å². The van der Waals surface area contributed by atoms with Crippen LogP contribution in [0.5, 0.6) is 0 Å².